The van der Waals surface area contributed by atoms with Crippen molar-refractivity contribution in [1.82, 2.24) is 14.7 Å². The fraction of sp³-hybridized carbons (Fsp3) is 0.259. The molecule has 0 saturated carbocycles. The van der Waals surface area contributed by atoms with Crippen LogP contribution in [0.1, 0.15) is 49.9 Å². The van der Waals surface area contributed by atoms with Crippen molar-refractivity contribution in [3.8, 4) is 11.3 Å². The third kappa shape index (κ3) is 5.17. The van der Waals surface area contributed by atoms with Gasteiger partial charge in [-0.15, -0.1) is 0 Å². The first-order chi connectivity index (χ1) is 15.8. The minimum absolute atomic E-state index is 0.211. The van der Waals surface area contributed by atoms with Crippen LogP contribution in [0.25, 0.3) is 16.9 Å². The van der Waals surface area contributed by atoms with Crippen LogP contribution in [0.5, 0.6) is 0 Å². The summed E-state index contributed by atoms with van der Waals surface area (Å²) in [5.74, 6) is 0. The van der Waals surface area contributed by atoms with E-state index in [-0.39, 0.29) is 12.6 Å². The van der Waals surface area contributed by atoms with Crippen molar-refractivity contribution in [3.05, 3.63) is 96.3 Å². The predicted octanol–water partition coefficient (Wildman–Crippen LogP) is 6.55. The lowest BCUT2D eigenvalue weighted by Gasteiger charge is -2.20. The lowest BCUT2D eigenvalue weighted by molar-refractivity contribution is 0.134. The molecule has 1 N–H and O–H groups in total. The number of carbonyl (C=O) groups excluding carboxylic acids is 1. The number of hydrogen-bond donors (Lipinski definition) is 1. The molecule has 2 aromatic heterocycles. The van der Waals surface area contributed by atoms with Crippen LogP contribution in [-0.4, -0.2) is 15.5 Å². The number of pyridine rings is 1. The van der Waals surface area contributed by atoms with E-state index in [1.54, 1.807) is 0 Å². The zero-order valence-corrected chi connectivity index (χ0v) is 18.4. The second-order valence-corrected chi connectivity index (χ2v) is 7.89. The summed E-state index contributed by atoms with van der Waals surface area (Å²) in [5.41, 5.74) is 4.73. The number of imidazole rings is 1. The van der Waals surface area contributed by atoms with E-state index < -0.39 is 6.09 Å². The van der Waals surface area contributed by atoms with Gasteiger partial charge in [-0.1, -0.05) is 92.9 Å². The quantitative estimate of drug-likeness (QED) is 0.308. The highest BCUT2D eigenvalue weighted by Gasteiger charge is 2.24. The molecule has 4 rings (SSSR count). The van der Waals surface area contributed by atoms with Gasteiger partial charge >= 0.3 is 6.09 Å². The molecule has 1 unspecified atom stereocenters. The molecule has 4 aromatic rings. The number of aromatic nitrogens is 2. The molecule has 164 valence electrons. The molecule has 0 radical (unpaired) electrons. The first kappa shape index (κ1) is 21.6. The molecule has 1 atom stereocenters. The van der Waals surface area contributed by atoms with Crippen molar-refractivity contribution in [3.63, 3.8) is 0 Å². The van der Waals surface area contributed by atoms with Crippen molar-refractivity contribution >= 4 is 11.7 Å². The molecule has 0 aliphatic carbocycles. The standard InChI is InChI=1S/C27H29N3O2/c1-2-3-6-17-23(28-27(31)32-20-21-13-7-4-8-14-21)26-25(22-15-9-5-10-16-22)29-24-18-11-12-19-30(24)26/h4-5,7-16,18-19,23H,2-3,6,17,20H2,1H3,(H,28,31). The summed E-state index contributed by atoms with van der Waals surface area (Å²) in [5, 5.41) is 3.13. The fourth-order valence-electron chi connectivity index (χ4n) is 3.94. The average molecular weight is 428 g/mol. The topological polar surface area (TPSA) is 55.6 Å². The van der Waals surface area contributed by atoms with Crippen molar-refractivity contribution in [2.24, 2.45) is 0 Å². The first-order valence-corrected chi connectivity index (χ1v) is 11.3. The number of hydrogen-bond acceptors (Lipinski definition) is 3. The van der Waals surface area contributed by atoms with Crippen LogP contribution >= 0.6 is 0 Å². The second-order valence-electron chi connectivity index (χ2n) is 7.89. The van der Waals surface area contributed by atoms with Gasteiger partial charge in [-0.25, -0.2) is 9.78 Å². The molecule has 5 heteroatoms. The van der Waals surface area contributed by atoms with Gasteiger partial charge in [0.2, 0.25) is 0 Å². The van der Waals surface area contributed by atoms with Gasteiger partial charge in [0.25, 0.3) is 0 Å². The highest BCUT2D eigenvalue weighted by atomic mass is 16.5. The number of rotatable bonds is 9. The van der Waals surface area contributed by atoms with Gasteiger partial charge in [-0.3, -0.25) is 0 Å². The van der Waals surface area contributed by atoms with E-state index in [2.05, 4.69) is 28.8 Å². The van der Waals surface area contributed by atoms with E-state index in [0.717, 1.165) is 53.8 Å². The van der Waals surface area contributed by atoms with Crippen LogP contribution in [0, 0.1) is 0 Å². The molecule has 0 spiro atoms. The Morgan fingerprint density at radius 2 is 1.69 bits per heavy atom. The van der Waals surface area contributed by atoms with Crippen LogP contribution in [-0.2, 0) is 11.3 Å². The highest BCUT2D eigenvalue weighted by Crippen LogP contribution is 2.31. The first-order valence-electron chi connectivity index (χ1n) is 11.3. The number of nitrogens with one attached hydrogen (secondary N) is 1. The van der Waals surface area contributed by atoms with Crippen molar-refractivity contribution in [2.45, 2.75) is 45.3 Å². The van der Waals surface area contributed by atoms with Gasteiger partial charge in [0.1, 0.15) is 12.3 Å². The van der Waals surface area contributed by atoms with Gasteiger partial charge < -0.3 is 14.5 Å². The Hall–Kier alpha value is -3.60. The Labute approximate surface area is 189 Å². The molecule has 0 aliphatic heterocycles. The number of ether oxygens (including phenoxy) is 1. The van der Waals surface area contributed by atoms with Crippen LogP contribution in [0.15, 0.2) is 85.1 Å². The summed E-state index contributed by atoms with van der Waals surface area (Å²) in [4.78, 5) is 17.7. The van der Waals surface area contributed by atoms with Gasteiger partial charge in [0.15, 0.2) is 0 Å². The number of carbonyl (C=O) groups is 1. The molecule has 5 nitrogen and oxygen atoms in total. The number of unbranched alkanes of at least 4 members (excludes halogenated alkanes) is 2. The van der Waals surface area contributed by atoms with Gasteiger partial charge in [0.05, 0.1) is 17.4 Å². The SMILES string of the molecule is CCCCCC(NC(=O)OCc1ccccc1)c1c(-c2ccccc2)nc2ccccn12. The maximum absolute atomic E-state index is 12.8. The molecule has 0 bridgehead atoms. The summed E-state index contributed by atoms with van der Waals surface area (Å²) < 4.78 is 7.62. The average Bonchev–Trinajstić information content (AvgIpc) is 3.23. The summed E-state index contributed by atoms with van der Waals surface area (Å²) >= 11 is 0. The van der Waals surface area contributed by atoms with Crippen molar-refractivity contribution in [1.29, 1.82) is 0 Å². The number of benzene rings is 2. The Morgan fingerprint density at radius 3 is 2.44 bits per heavy atom. The maximum atomic E-state index is 12.8. The van der Waals surface area contributed by atoms with E-state index in [4.69, 9.17) is 9.72 Å². The molecule has 0 aliphatic rings. The smallest absolute Gasteiger partial charge is 0.408 e. The molecule has 0 saturated heterocycles. The minimum atomic E-state index is -0.416. The zero-order chi connectivity index (χ0) is 22.2. The lowest BCUT2D eigenvalue weighted by Crippen LogP contribution is -2.30. The van der Waals surface area contributed by atoms with E-state index >= 15 is 0 Å². The normalized spacial score (nSPS) is 11.9. The number of alkyl carbamates (subject to hydrolysis) is 1. The summed E-state index contributed by atoms with van der Waals surface area (Å²) in [6, 6.07) is 25.6. The molecule has 2 aromatic carbocycles. The number of nitrogens with zero attached hydrogens (tertiary/aromatic N) is 2. The summed E-state index contributed by atoms with van der Waals surface area (Å²) in [6.07, 6.45) is 5.64. The van der Waals surface area contributed by atoms with Gasteiger partial charge in [0, 0.05) is 11.8 Å². The Morgan fingerprint density at radius 1 is 0.969 bits per heavy atom. The van der Waals surface area contributed by atoms with E-state index in [9.17, 15) is 4.79 Å². The van der Waals surface area contributed by atoms with Gasteiger partial charge in [-0.2, -0.15) is 0 Å². The fourth-order valence-corrected chi connectivity index (χ4v) is 3.94. The van der Waals surface area contributed by atoms with E-state index in [1.807, 2.05) is 72.9 Å². The highest BCUT2D eigenvalue weighted by molar-refractivity contribution is 5.71. The molecule has 1 amide bonds. The van der Waals surface area contributed by atoms with Crippen LogP contribution in [0.2, 0.25) is 0 Å². The Balaban J connectivity index is 1.64. The summed E-state index contributed by atoms with van der Waals surface area (Å²) in [7, 11) is 0. The van der Waals surface area contributed by atoms with E-state index in [1.165, 1.54) is 0 Å². The Kier molecular flexibility index (Phi) is 7.18. The van der Waals surface area contributed by atoms with Crippen molar-refractivity contribution < 1.29 is 9.53 Å². The predicted molar refractivity (Wildman–Crippen MR) is 127 cm³/mol. The second kappa shape index (κ2) is 10.6. The van der Waals surface area contributed by atoms with Gasteiger partial charge in [-0.05, 0) is 24.1 Å². The van der Waals surface area contributed by atoms with Crippen LogP contribution in [0.4, 0.5) is 4.79 Å². The maximum Gasteiger partial charge on any atom is 0.408 e. The molecule has 2 heterocycles. The third-order valence-electron chi connectivity index (χ3n) is 5.55. The number of fused-ring (bicyclic) bond motifs is 1. The largest absolute Gasteiger partial charge is 0.445 e. The molecular formula is C27H29N3O2. The number of amides is 1. The van der Waals surface area contributed by atoms with Crippen LogP contribution in [0.3, 0.4) is 0 Å². The van der Waals surface area contributed by atoms with E-state index in [0.29, 0.717) is 0 Å². The monoisotopic (exact) mass is 427 g/mol. The van der Waals surface area contributed by atoms with Crippen molar-refractivity contribution in [2.75, 3.05) is 0 Å². The van der Waals surface area contributed by atoms with Crippen LogP contribution < -0.4 is 5.32 Å². The summed E-state index contributed by atoms with van der Waals surface area (Å²) in [6.45, 7) is 2.42. The zero-order valence-electron chi connectivity index (χ0n) is 18.4. The molecular weight excluding hydrogens is 398 g/mol. The molecule has 32 heavy (non-hydrogen) atoms. The lowest BCUT2D eigenvalue weighted by atomic mass is 10.0. The Bertz CT molecular complexity index is 1140. The minimum Gasteiger partial charge on any atom is -0.445 e. The molecule has 0 fully saturated rings. The third-order valence-corrected chi connectivity index (χ3v) is 5.55.